The lowest BCUT2D eigenvalue weighted by Gasteiger charge is -2.29. The van der Waals surface area contributed by atoms with Gasteiger partial charge in [-0.05, 0) is 43.2 Å². The van der Waals surface area contributed by atoms with Crippen LogP contribution in [0.25, 0.3) is 0 Å². The van der Waals surface area contributed by atoms with Crippen LogP contribution in [-0.2, 0) is 36.9 Å². The molecule has 3 atom stereocenters. The van der Waals surface area contributed by atoms with E-state index in [9.17, 15) is 24.3 Å². The fraction of sp³-hybridized carbons (Fsp3) is 0.429. The molecule has 0 bridgehead atoms. The molecular weight excluding hydrogens is 574 g/mol. The number of amides is 3. The number of aliphatic hydroxyl groups is 1. The van der Waals surface area contributed by atoms with Gasteiger partial charge in [-0.2, -0.15) is 0 Å². The Labute approximate surface area is 265 Å². The van der Waals surface area contributed by atoms with Crippen LogP contribution in [0.5, 0.6) is 0 Å². The Bertz CT molecular complexity index is 1260. The molecule has 0 aromatic heterocycles. The number of hydrogen-bond donors (Lipinski definition) is 4. The van der Waals surface area contributed by atoms with Gasteiger partial charge in [0, 0.05) is 6.42 Å². The number of hydrogen-bond acceptors (Lipinski definition) is 7. The van der Waals surface area contributed by atoms with Crippen LogP contribution in [0.1, 0.15) is 56.1 Å². The average Bonchev–Trinajstić information content (AvgIpc) is 3.51. The third-order valence-corrected chi connectivity index (χ3v) is 7.81. The number of alkyl carbamates (subject to hydrolysis) is 1. The van der Waals surface area contributed by atoms with E-state index in [1.165, 1.54) is 6.08 Å². The van der Waals surface area contributed by atoms with E-state index in [1.54, 1.807) is 6.08 Å². The number of ether oxygens (including phenoxy) is 2. The Hall–Kier alpha value is -4.44. The smallest absolute Gasteiger partial charge is 0.408 e. The van der Waals surface area contributed by atoms with Gasteiger partial charge in [0.1, 0.15) is 19.3 Å². The molecule has 3 rings (SSSR count). The van der Waals surface area contributed by atoms with Crippen molar-refractivity contribution in [1.29, 1.82) is 0 Å². The van der Waals surface area contributed by atoms with Crippen LogP contribution >= 0.6 is 0 Å². The lowest BCUT2D eigenvalue weighted by molar-refractivity contribution is -0.147. The summed E-state index contributed by atoms with van der Waals surface area (Å²) < 4.78 is 10.8. The topological polar surface area (TPSA) is 143 Å². The molecule has 45 heavy (non-hydrogen) atoms. The molecule has 10 heteroatoms. The SMILES string of the molecule is C=CC[C@H](CC(=O)NC1(CO)CCCC1)C(=O)N[C@@H](COC(=O)[C@@H](CC=C)NC(=O)OCc1ccccc1)Cc1ccccc1. The maximum Gasteiger partial charge on any atom is 0.408 e. The first kappa shape index (κ1) is 35.0. The van der Waals surface area contributed by atoms with Crippen molar-refractivity contribution >= 4 is 23.9 Å². The molecule has 0 aliphatic heterocycles. The average molecular weight is 620 g/mol. The minimum atomic E-state index is -1.04. The summed E-state index contributed by atoms with van der Waals surface area (Å²) in [6.07, 6.45) is 6.21. The zero-order valence-corrected chi connectivity index (χ0v) is 25.7. The van der Waals surface area contributed by atoms with Gasteiger partial charge in [-0.15, -0.1) is 13.2 Å². The number of carbonyl (C=O) groups excluding carboxylic acids is 4. The van der Waals surface area contributed by atoms with E-state index in [4.69, 9.17) is 9.47 Å². The molecular formula is C35H45N3O7. The first-order valence-corrected chi connectivity index (χ1v) is 15.4. The molecule has 2 aromatic rings. The quantitative estimate of drug-likeness (QED) is 0.145. The molecule has 1 aliphatic rings. The van der Waals surface area contributed by atoms with Crippen molar-refractivity contribution in [2.75, 3.05) is 13.2 Å². The number of esters is 1. The zero-order chi connectivity index (χ0) is 32.5. The molecule has 2 aromatic carbocycles. The summed E-state index contributed by atoms with van der Waals surface area (Å²) in [5.41, 5.74) is 1.07. The number of benzene rings is 2. The van der Waals surface area contributed by atoms with Crippen molar-refractivity contribution in [2.45, 2.75) is 75.6 Å². The Morgan fingerprint density at radius 1 is 0.867 bits per heavy atom. The molecule has 1 saturated carbocycles. The number of carbonyl (C=O) groups is 4. The Balaban J connectivity index is 1.62. The van der Waals surface area contributed by atoms with Gasteiger partial charge in [-0.3, -0.25) is 9.59 Å². The van der Waals surface area contributed by atoms with E-state index in [-0.39, 0.29) is 50.9 Å². The molecule has 10 nitrogen and oxygen atoms in total. The highest BCUT2D eigenvalue weighted by atomic mass is 16.6. The molecule has 0 heterocycles. The summed E-state index contributed by atoms with van der Waals surface area (Å²) in [6.45, 7) is 7.13. The molecule has 242 valence electrons. The lowest BCUT2D eigenvalue weighted by atomic mass is 9.95. The second kappa shape index (κ2) is 18.4. The molecule has 3 amide bonds. The van der Waals surface area contributed by atoms with Crippen molar-refractivity contribution in [3.05, 3.63) is 97.1 Å². The predicted octanol–water partition coefficient (Wildman–Crippen LogP) is 4.13. The summed E-state index contributed by atoms with van der Waals surface area (Å²) in [7, 11) is 0. The van der Waals surface area contributed by atoms with Crippen LogP contribution in [0.15, 0.2) is 86.0 Å². The van der Waals surface area contributed by atoms with Gasteiger partial charge in [-0.1, -0.05) is 85.7 Å². The van der Waals surface area contributed by atoms with Gasteiger partial charge in [0.15, 0.2) is 0 Å². The highest BCUT2D eigenvalue weighted by Crippen LogP contribution is 2.29. The number of aliphatic hydroxyl groups excluding tert-OH is 1. The van der Waals surface area contributed by atoms with Gasteiger partial charge in [-0.25, -0.2) is 9.59 Å². The first-order chi connectivity index (χ1) is 21.8. The van der Waals surface area contributed by atoms with Crippen LogP contribution in [0.4, 0.5) is 4.79 Å². The second-order valence-corrected chi connectivity index (χ2v) is 11.4. The third kappa shape index (κ3) is 11.9. The largest absolute Gasteiger partial charge is 0.462 e. The van der Waals surface area contributed by atoms with Crippen molar-refractivity contribution in [1.82, 2.24) is 16.0 Å². The number of nitrogens with one attached hydrogen (secondary N) is 3. The van der Waals surface area contributed by atoms with Crippen molar-refractivity contribution in [2.24, 2.45) is 5.92 Å². The van der Waals surface area contributed by atoms with E-state index in [2.05, 4.69) is 29.1 Å². The molecule has 1 fully saturated rings. The van der Waals surface area contributed by atoms with E-state index in [0.29, 0.717) is 19.3 Å². The monoisotopic (exact) mass is 619 g/mol. The van der Waals surface area contributed by atoms with E-state index < -0.39 is 35.6 Å². The van der Waals surface area contributed by atoms with Gasteiger partial charge >= 0.3 is 12.1 Å². The maximum atomic E-state index is 13.5. The predicted molar refractivity (Wildman–Crippen MR) is 171 cm³/mol. The van der Waals surface area contributed by atoms with Gasteiger partial charge < -0.3 is 30.5 Å². The standard InChI is InChI=1S/C35H45N3O7/c1-3-13-28(22-31(40)38-35(25-39)19-11-12-20-35)32(41)36-29(21-26-15-7-5-8-16-26)24-44-33(42)30(14-4-2)37-34(43)45-23-27-17-9-6-10-18-27/h3-10,15-18,28-30,39H,1-2,11-14,19-25H2,(H,36,41)(H,37,43)(H,38,40)/t28-,29-,30-/m1/s1. The van der Waals surface area contributed by atoms with Gasteiger partial charge in [0.05, 0.1) is 24.1 Å². The van der Waals surface area contributed by atoms with Crippen molar-refractivity contribution in [3.8, 4) is 0 Å². The minimum Gasteiger partial charge on any atom is -0.462 e. The van der Waals surface area contributed by atoms with Crippen LogP contribution in [0, 0.1) is 5.92 Å². The summed E-state index contributed by atoms with van der Waals surface area (Å²) >= 11 is 0. The molecule has 4 N–H and O–H groups in total. The second-order valence-electron chi connectivity index (χ2n) is 11.4. The number of rotatable bonds is 18. The van der Waals surface area contributed by atoms with Crippen LogP contribution in [0.3, 0.4) is 0 Å². The Morgan fingerprint density at radius 2 is 1.49 bits per heavy atom. The normalized spacial score (nSPS) is 15.5. The molecule has 1 aliphatic carbocycles. The van der Waals surface area contributed by atoms with E-state index in [1.807, 2.05) is 60.7 Å². The van der Waals surface area contributed by atoms with Gasteiger partial charge in [0.2, 0.25) is 11.8 Å². The minimum absolute atomic E-state index is 0.0403. The fourth-order valence-electron chi connectivity index (χ4n) is 5.37. The first-order valence-electron chi connectivity index (χ1n) is 15.4. The lowest BCUT2D eigenvalue weighted by Crippen LogP contribution is -2.50. The summed E-state index contributed by atoms with van der Waals surface area (Å²) in [5.74, 6) is -2.09. The fourth-order valence-corrected chi connectivity index (χ4v) is 5.37. The molecule has 0 spiro atoms. The highest BCUT2D eigenvalue weighted by molar-refractivity contribution is 5.86. The van der Waals surface area contributed by atoms with E-state index in [0.717, 1.165) is 24.0 Å². The third-order valence-electron chi connectivity index (χ3n) is 7.81. The molecule has 0 saturated heterocycles. The Kier molecular flexibility index (Phi) is 14.3. The summed E-state index contributed by atoms with van der Waals surface area (Å²) in [5, 5.41) is 18.3. The van der Waals surface area contributed by atoms with Crippen molar-refractivity contribution in [3.63, 3.8) is 0 Å². The molecule has 0 unspecified atom stereocenters. The zero-order valence-electron chi connectivity index (χ0n) is 25.7. The van der Waals surface area contributed by atoms with Crippen LogP contribution in [-0.4, -0.2) is 59.8 Å². The highest BCUT2D eigenvalue weighted by Gasteiger charge is 2.35. The Morgan fingerprint density at radius 3 is 2.09 bits per heavy atom. The molecule has 0 radical (unpaired) electrons. The van der Waals surface area contributed by atoms with Crippen molar-refractivity contribution < 1.29 is 33.8 Å². The number of allylic oxidation sites excluding steroid dienone is 1. The summed E-state index contributed by atoms with van der Waals surface area (Å²) in [4.78, 5) is 51.9. The van der Waals surface area contributed by atoms with E-state index >= 15 is 0 Å². The van der Waals surface area contributed by atoms with Crippen LogP contribution < -0.4 is 16.0 Å². The maximum absolute atomic E-state index is 13.5. The summed E-state index contributed by atoms with van der Waals surface area (Å²) in [6, 6.07) is 16.9. The van der Waals surface area contributed by atoms with Crippen LogP contribution in [0.2, 0.25) is 0 Å². The van der Waals surface area contributed by atoms with Gasteiger partial charge in [0.25, 0.3) is 0 Å².